The largest absolute Gasteiger partial charge is 0.427 e. The zero-order chi connectivity index (χ0) is 24.4. The first-order valence-corrected chi connectivity index (χ1v) is 11.5. The molecule has 1 amide bonds. The zero-order valence-corrected chi connectivity index (χ0v) is 20.1. The Labute approximate surface area is 198 Å². The van der Waals surface area contributed by atoms with Gasteiger partial charge in [0.2, 0.25) is 12.7 Å². The second kappa shape index (κ2) is 12.2. The standard InChI is InChI=1S/C25H29NO6S/c1-17(27)33-15-20(13-18-9-6-5-7-10-18)22(28)26-21-12-8-11-19(14-21)23(29)31-16-32-24(30)25(2,3)4/h5-12,14,20H,13,15-16H2,1-4H3,(H,26,28). The first-order valence-electron chi connectivity index (χ1n) is 10.5. The van der Waals surface area contributed by atoms with Crippen LogP contribution in [0, 0.1) is 11.3 Å². The van der Waals surface area contributed by atoms with Crippen LogP contribution in [-0.2, 0) is 30.3 Å². The molecule has 33 heavy (non-hydrogen) atoms. The van der Waals surface area contributed by atoms with Crippen molar-refractivity contribution < 1.29 is 28.7 Å². The van der Waals surface area contributed by atoms with Crippen LogP contribution in [0.5, 0.6) is 0 Å². The molecule has 2 rings (SSSR count). The maximum Gasteiger partial charge on any atom is 0.341 e. The molecule has 0 saturated heterocycles. The van der Waals surface area contributed by atoms with E-state index in [0.29, 0.717) is 17.9 Å². The Balaban J connectivity index is 2.01. The number of carbonyl (C=O) groups excluding carboxylic acids is 4. The molecule has 8 heteroatoms. The maximum absolute atomic E-state index is 12.9. The van der Waals surface area contributed by atoms with E-state index in [1.54, 1.807) is 32.9 Å². The van der Waals surface area contributed by atoms with E-state index < -0.39 is 30.1 Å². The average molecular weight is 472 g/mol. The van der Waals surface area contributed by atoms with E-state index in [1.807, 2.05) is 30.3 Å². The quantitative estimate of drug-likeness (QED) is 0.426. The van der Waals surface area contributed by atoms with Crippen LogP contribution in [0.1, 0.15) is 43.6 Å². The number of esters is 2. The Morgan fingerprint density at radius 3 is 2.30 bits per heavy atom. The molecule has 1 atom stereocenters. The predicted molar refractivity (Wildman–Crippen MR) is 128 cm³/mol. The highest BCUT2D eigenvalue weighted by Gasteiger charge is 2.24. The lowest BCUT2D eigenvalue weighted by Gasteiger charge is -2.17. The molecular formula is C25H29NO6S. The summed E-state index contributed by atoms with van der Waals surface area (Å²) in [4.78, 5) is 48.4. The van der Waals surface area contributed by atoms with Crippen LogP contribution < -0.4 is 5.32 Å². The van der Waals surface area contributed by atoms with Crippen molar-refractivity contribution in [2.24, 2.45) is 11.3 Å². The number of nitrogens with one attached hydrogen (secondary N) is 1. The van der Waals surface area contributed by atoms with E-state index in [1.165, 1.54) is 19.1 Å². The first-order chi connectivity index (χ1) is 15.6. The number of carbonyl (C=O) groups is 4. The fourth-order valence-electron chi connectivity index (χ4n) is 2.75. The van der Waals surface area contributed by atoms with Crippen molar-refractivity contribution in [3.63, 3.8) is 0 Å². The second-order valence-corrected chi connectivity index (χ2v) is 9.69. The molecule has 0 heterocycles. The molecule has 2 aromatic carbocycles. The summed E-state index contributed by atoms with van der Waals surface area (Å²) in [6.45, 7) is 6.07. The summed E-state index contributed by atoms with van der Waals surface area (Å²) < 4.78 is 9.96. The van der Waals surface area contributed by atoms with Gasteiger partial charge in [-0.15, -0.1) is 0 Å². The van der Waals surface area contributed by atoms with Gasteiger partial charge in [-0.1, -0.05) is 48.2 Å². The van der Waals surface area contributed by atoms with Gasteiger partial charge in [0.1, 0.15) is 0 Å². The van der Waals surface area contributed by atoms with E-state index >= 15 is 0 Å². The second-order valence-electron chi connectivity index (χ2n) is 8.49. The number of hydrogen-bond donors (Lipinski definition) is 1. The molecule has 0 aliphatic rings. The van der Waals surface area contributed by atoms with Gasteiger partial charge >= 0.3 is 11.9 Å². The first kappa shape index (κ1) is 26.1. The van der Waals surface area contributed by atoms with E-state index in [9.17, 15) is 19.2 Å². The van der Waals surface area contributed by atoms with Gasteiger partial charge in [0.05, 0.1) is 16.9 Å². The lowest BCUT2D eigenvalue weighted by Crippen LogP contribution is -2.27. The number of hydrogen-bond acceptors (Lipinski definition) is 7. The normalized spacial score (nSPS) is 11.9. The number of ether oxygens (including phenoxy) is 2. The molecule has 7 nitrogen and oxygen atoms in total. The Hall–Kier alpha value is -3.13. The lowest BCUT2D eigenvalue weighted by molar-refractivity contribution is -0.161. The molecule has 0 radical (unpaired) electrons. The van der Waals surface area contributed by atoms with E-state index in [2.05, 4.69) is 5.32 Å². The van der Waals surface area contributed by atoms with Gasteiger partial charge in [-0.25, -0.2) is 4.79 Å². The van der Waals surface area contributed by atoms with Crippen molar-refractivity contribution in [3.05, 3.63) is 65.7 Å². The van der Waals surface area contributed by atoms with Gasteiger partial charge in [-0.05, 0) is 51.0 Å². The molecule has 0 fully saturated rings. The van der Waals surface area contributed by atoms with Gasteiger partial charge in [0.15, 0.2) is 5.12 Å². The Bertz CT molecular complexity index is 984. The Morgan fingerprint density at radius 1 is 0.970 bits per heavy atom. The number of anilines is 1. The molecule has 0 aromatic heterocycles. The summed E-state index contributed by atoms with van der Waals surface area (Å²) in [5.41, 5.74) is 0.918. The molecule has 0 aliphatic carbocycles. The highest BCUT2D eigenvalue weighted by atomic mass is 32.2. The molecule has 0 saturated carbocycles. The van der Waals surface area contributed by atoms with Crippen molar-refractivity contribution >= 4 is 40.4 Å². The molecule has 1 N–H and O–H groups in total. The summed E-state index contributed by atoms with van der Waals surface area (Å²) in [5, 5.41) is 2.76. The van der Waals surface area contributed by atoms with Gasteiger partial charge in [-0.2, -0.15) is 0 Å². The topological polar surface area (TPSA) is 98.8 Å². The molecule has 0 spiro atoms. The number of amides is 1. The maximum atomic E-state index is 12.9. The van der Waals surface area contributed by atoms with Crippen molar-refractivity contribution in [2.75, 3.05) is 17.9 Å². The molecule has 176 valence electrons. The molecule has 1 unspecified atom stereocenters. The van der Waals surface area contributed by atoms with Crippen molar-refractivity contribution in [2.45, 2.75) is 34.1 Å². The minimum atomic E-state index is -0.701. The third kappa shape index (κ3) is 9.10. The third-order valence-electron chi connectivity index (χ3n) is 4.54. The molecule has 0 aliphatic heterocycles. The van der Waals surface area contributed by atoms with Crippen molar-refractivity contribution in [3.8, 4) is 0 Å². The van der Waals surface area contributed by atoms with Crippen LogP contribution in [0.25, 0.3) is 0 Å². The third-order valence-corrected chi connectivity index (χ3v) is 5.52. The van der Waals surface area contributed by atoms with Crippen LogP contribution >= 0.6 is 11.8 Å². The zero-order valence-electron chi connectivity index (χ0n) is 19.3. The van der Waals surface area contributed by atoms with Gasteiger partial charge < -0.3 is 14.8 Å². The summed E-state index contributed by atoms with van der Waals surface area (Å²) in [6, 6.07) is 15.9. The van der Waals surface area contributed by atoms with Crippen molar-refractivity contribution in [1.82, 2.24) is 0 Å². The van der Waals surface area contributed by atoms with Crippen molar-refractivity contribution in [1.29, 1.82) is 0 Å². The summed E-state index contributed by atoms with van der Waals surface area (Å²) in [6.07, 6.45) is 0.480. The van der Waals surface area contributed by atoms with Gasteiger partial charge in [0.25, 0.3) is 0 Å². The van der Waals surface area contributed by atoms with E-state index in [4.69, 9.17) is 9.47 Å². The number of benzene rings is 2. The molecule has 0 bridgehead atoms. The van der Waals surface area contributed by atoms with Crippen LogP contribution in [0.15, 0.2) is 54.6 Å². The van der Waals surface area contributed by atoms with E-state index in [0.717, 1.165) is 17.3 Å². The predicted octanol–water partition coefficient (Wildman–Crippen LogP) is 4.47. The summed E-state index contributed by atoms with van der Waals surface area (Å²) in [7, 11) is 0. The average Bonchev–Trinajstić information content (AvgIpc) is 2.76. The summed E-state index contributed by atoms with van der Waals surface area (Å²) >= 11 is 1.10. The van der Waals surface area contributed by atoms with Crippen LogP contribution in [0.3, 0.4) is 0 Å². The fourth-order valence-corrected chi connectivity index (χ4v) is 3.45. The van der Waals surface area contributed by atoms with Crippen LogP contribution in [-0.4, -0.2) is 35.5 Å². The lowest BCUT2D eigenvalue weighted by atomic mass is 9.98. The minimum Gasteiger partial charge on any atom is -0.427 e. The Morgan fingerprint density at radius 2 is 1.67 bits per heavy atom. The fraction of sp³-hybridized carbons (Fsp3) is 0.360. The van der Waals surface area contributed by atoms with Gasteiger partial charge in [-0.3, -0.25) is 14.4 Å². The smallest absolute Gasteiger partial charge is 0.341 e. The Kier molecular flexibility index (Phi) is 9.66. The minimum absolute atomic E-state index is 0.0576. The highest BCUT2D eigenvalue weighted by Crippen LogP contribution is 2.19. The summed E-state index contributed by atoms with van der Waals surface area (Å²) in [5.74, 6) is -1.51. The van der Waals surface area contributed by atoms with Gasteiger partial charge in [0, 0.05) is 18.4 Å². The van der Waals surface area contributed by atoms with Crippen LogP contribution in [0.2, 0.25) is 0 Å². The monoisotopic (exact) mass is 471 g/mol. The number of thioether (sulfide) groups is 1. The SMILES string of the molecule is CC(=O)SCC(Cc1ccccc1)C(=O)Nc1cccc(C(=O)OCOC(=O)C(C)(C)C)c1. The highest BCUT2D eigenvalue weighted by molar-refractivity contribution is 8.13. The van der Waals surface area contributed by atoms with E-state index in [-0.39, 0.29) is 16.6 Å². The number of rotatable bonds is 9. The molecule has 2 aromatic rings. The molecular weight excluding hydrogens is 442 g/mol. The van der Waals surface area contributed by atoms with Crippen LogP contribution in [0.4, 0.5) is 5.69 Å².